The number of nitrogens with one attached hydrogen (secondary N) is 1. The summed E-state index contributed by atoms with van der Waals surface area (Å²) in [4.78, 5) is 0. The van der Waals surface area contributed by atoms with Gasteiger partial charge in [-0.05, 0) is 29.8 Å². The Morgan fingerprint density at radius 3 is 2.93 bits per heavy atom. The minimum Gasteiger partial charge on any atom is -0.329 e. The van der Waals surface area contributed by atoms with Gasteiger partial charge in [0.2, 0.25) is 5.13 Å². The molecule has 1 aromatic carbocycles. The fraction of sp³-hybridized carbons (Fsp3) is 0.125. The summed E-state index contributed by atoms with van der Waals surface area (Å²) in [7, 11) is 0. The van der Waals surface area contributed by atoms with Gasteiger partial charge in [0, 0.05) is 21.7 Å². The fourth-order valence-electron chi connectivity index (χ4n) is 0.976. The van der Waals surface area contributed by atoms with E-state index < -0.39 is 0 Å². The fourth-order valence-corrected chi connectivity index (χ4v) is 1.74. The van der Waals surface area contributed by atoms with Crippen LogP contribution < -0.4 is 5.32 Å². The third-order valence-electron chi connectivity index (χ3n) is 1.72. The lowest BCUT2D eigenvalue weighted by molar-refractivity contribution is 0.961. The highest BCUT2D eigenvalue weighted by molar-refractivity contribution is 9.10. The molecule has 1 N–H and O–H groups in total. The Hall–Kier alpha value is -1.01. The van der Waals surface area contributed by atoms with Crippen LogP contribution in [0, 0.1) is 6.92 Å². The molecule has 0 saturated carbocycles. The third kappa shape index (κ3) is 2.08. The number of benzene rings is 1. The summed E-state index contributed by atoms with van der Waals surface area (Å²) in [5, 5.41) is 11.1. The maximum absolute atomic E-state index is 3.79. The van der Waals surface area contributed by atoms with Crippen LogP contribution in [0.5, 0.6) is 0 Å². The molecule has 14 heavy (non-hydrogen) atoms. The van der Waals surface area contributed by atoms with Gasteiger partial charge in [-0.25, -0.2) is 0 Å². The molecule has 0 bridgehead atoms. The molecule has 0 fully saturated rings. The van der Waals surface area contributed by atoms with Crippen molar-refractivity contribution >= 4 is 38.3 Å². The van der Waals surface area contributed by atoms with E-state index in [-0.39, 0.29) is 0 Å². The molecule has 0 unspecified atom stereocenters. The molecule has 6 heteroatoms. The van der Waals surface area contributed by atoms with Crippen molar-refractivity contribution in [3.63, 3.8) is 0 Å². The van der Waals surface area contributed by atoms with Crippen molar-refractivity contribution < 1.29 is 0 Å². The maximum Gasteiger partial charge on any atom is 0.229 e. The van der Waals surface area contributed by atoms with Gasteiger partial charge >= 0.3 is 0 Å². The summed E-state index contributed by atoms with van der Waals surface area (Å²) < 4.78 is 4.73. The van der Waals surface area contributed by atoms with E-state index in [0.29, 0.717) is 5.13 Å². The van der Waals surface area contributed by atoms with Crippen LogP contribution in [0.3, 0.4) is 0 Å². The number of aromatic nitrogens is 3. The van der Waals surface area contributed by atoms with Crippen molar-refractivity contribution in [1.82, 2.24) is 14.8 Å². The average Bonchev–Trinajstić information content (AvgIpc) is 2.64. The van der Waals surface area contributed by atoms with Crippen molar-refractivity contribution in [2.45, 2.75) is 6.92 Å². The van der Waals surface area contributed by atoms with Crippen molar-refractivity contribution in [2.24, 2.45) is 0 Å². The third-order valence-corrected chi connectivity index (χ3v) is 3.09. The number of rotatable bonds is 2. The Labute approximate surface area is 93.6 Å². The highest BCUT2D eigenvalue weighted by atomic mass is 79.9. The summed E-state index contributed by atoms with van der Waals surface area (Å²) in [6.07, 6.45) is 0. The van der Waals surface area contributed by atoms with Gasteiger partial charge in [0.15, 0.2) is 0 Å². The maximum atomic E-state index is 3.79. The van der Waals surface area contributed by atoms with Crippen LogP contribution in [0.25, 0.3) is 0 Å². The zero-order valence-corrected chi connectivity index (χ0v) is 9.76. The van der Waals surface area contributed by atoms with Crippen molar-refractivity contribution in [3.05, 3.63) is 28.2 Å². The van der Waals surface area contributed by atoms with Crippen LogP contribution in [0.1, 0.15) is 5.56 Å². The van der Waals surface area contributed by atoms with E-state index in [9.17, 15) is 0 Å². The van der Waals surface area contributed by atoms with E-state index in [1.165, 1.54) is 17.1 Å². The molecule has 72 valence electrons. The van der Waals surface area contributed by atoms with E-state index in [1.54, 1.807) is 0 Å². The highest BCUT2D eigenvalue weighted by Crippen LogP contribution is 2.23. The van der Waals surface area contributed by atoms with Gasteiger partial charge in [-0.2, -0.15) is 0 Å². The first-order chi connectivity index (χ1) is 6.75. The van der Waals surface area contributed by atoms with E-state index in [0.717, 1.165) is 10.2 Å². The van der Waals surface area contributed by atoms with Crippen molar-refractivity contribution in [2.75, 3.05) is 5.32 Å². The normalized spacial score (nSPS) is 10.1. The van der Waals surface area contributed by atoms with Crippen LogP contribution in [0.2, 0.25) is 0 Å². The molecule has 2 aromatic rings. The van der Waals surface area contributed by atoms with Crippen LogP contribution in [0.15, 0.2) is 22.7 Å². The minimum atomic E-state index is 0.695. The molecule has 0 saturated heterocycles. The molecule has 0 aliphatic heterocycles. The molecule has 0 spiro atoms. The highest BCUT2D eigenvalue weighted by Gasteiger charge is 2.00. The van der Waals surface area contributed by atoms with Gasteiger partial charge in [-0.15, -0.1) is 0 Å². The number of nitrogens with zero attached hydrogens (tertiary/aromatic N) is 3. The van der Waals surface area contributed by atoms with Gasteiger partial charge < -0.3 is 5.32 Å². The summed E-state index contributed by atoms with van der Waals surface area (Å²) >= 11 is 4.69. The predicted molar refractivity (Wildman–Crippen MR) is 59.9 cm³/mol. The van der Waals surface area contributed by atoms with Crippen LogP contribution >= 0.6 is 27.5 Å². The monoisotopic (exact) mass is 270 g/mol. The van der Waals surface area contributed by atoms with Crippen LogP contribution in [-0.2, 0) is 0 Å². The van der Waals surface area contributed by atoms with Gasteiger partial charge in [0.25, 0.3) is 0 Å². The second-order valence-corrected chi connectivity index (χ2v) is 4.34. The van der Waals surface area contributed by atoms with Gasteiger partial charge in [-0.1, -0.05) is 31.6 Å². The molecular weight excluding hydrogens is 264 g/mol. The van der Waals surface area contributed by atoms with Crippen molar-refractivity contribution in [3.8, 4) is 0 Å². The standard InChI is InChI=1S/C8H7BrN4S/c1-5-2-3-6(4-7(5)9)10-8-11-12-13-14-8/h2-4H,1H3,(H,10,11,13). The number of hydrogen-bond acceptors (Lipinski definition) is 5. The lowest BCUT2D eigenvalue weighted by atomic mass is 10.2. The lowest BCUT2D eigenvalue weighted by Gasteiger charge is -2.03. The second-order valence-electron chi connectivity index (χ2n) is 2.76. The molecule has 4 nitrogen and oxygen atoms in total. The first-order valence-corrected chi connectivity index (χ1v) is 5.50. The molecule has 1 heterocycles. The van der Waals surface area contributed by atoms with Gasteiger partial charge in [-0.3, -0.25) is 0 Å². The van der Waals surface area contributed by atoms with E-state index in [2.05, 4.69) is 36.0 Å². The molecule has 0 amide bonds. The van der Waals surface area contributed by atoms with Crippen molar-refractivity contribution in [1.29, 1.82) is 0 Å². The molecule has 2 rings (SSSR count). The Morgan fingerprint density at radius 1 is 1.43 bits per heavy atom. The quantitative estimate of drug-likeness (QED) is 0.912. The Morgan fingerprint density at radius 2 is 2.29 bits per heavy atom. The minimum absolute atomic E-state index is 0.695. The molecule has 0 radical (unpaired) electrons. The smallest absolute Gasteiger partial charge is 0.229 e. The number of aryl methyl sites for hydroxylation is 1. The molecule has 0 aliphatic rings. The van der Waals surface area contributed by atoms with Gasteiger partial charge in [0.1, 0.15) is 0 Å². The van der Waals surface area contributed by atoms with E-state index in [1.807, 2.05) is 25.1 Å². The molecular formula is C8H7BrN4S. The summed E-state index contributed by atoms with van der Waals surface area (Å²) in [5.41, 5.74) is 2.17. The Balaban J connectivity index is 2.22. The summed E-state index contributed by atoms with van der Waals surface area (Å²) in [6.45, 7) is 2.04. The largest absolute Gasteiger partial charge is 0.329 e. The SMILES string of the molecule is Cc1ccc(Nc2nnns2)cc1Br. The van der Waals surface area contributed by atoms with Gasteiger partial charge in [0.05, 0.1) is 0 Å². The molecule has 0 atom stereocenters. The zero-order chi connectivity index (χ0) is 9.97. The van der Waals surface area contributed by atoms with Crippen LogP contribution in [0.4, 0.5) is 10.8 Å². The molecule has 0 aliphatic carbocycles. The molecule has 1 aromatic heterocycles. The lowest BCUT2D eigenvalue weighted by Crippen LogP contribution is -1.89. The topological polar surface area (TPSA) is 50.7 Å². The first kappa shape index (κ1) is 9.54. The van der Waals surface area contributed by atoms with Crippen LogP contribution in [-0.4, -0.2) is 14.8 Å². The summed E-state index contributed by atoms with van der Waals surface area (Å²) in [6, 6.07) is 6.01. The second kappa shape index (κ2) is 4.02. The zero-order valence-electron chi connectivity index (χ0n) is 7.36. The predicted octanol–water partition coefficient (Wildman–Crippen LogP) is 2.75. The summed E-state index contributed by atoms with van der Waals surface area (Å²) in [5.74, 6) is 0. The number of hydrogen-bond donors (Lipinski definition) is 1. The Bertz CT molecular complexity index is 429. The Kier molecular flexibility index (Phi) is 2.74. The average molecular weight is 271 g/mol. The van der Waals surface area contributed by atoms with E-state index in [4.69, 9.17) is 0 Å². The first-order valence-electron chi connectivity index (χ1n) is 3.94. The van der Waals surface area contributed by atoms with E-state index >= 15 is 0 Å². The number of halogens is 1. The number of anilines is 2.